The molecule has 3 N–H and O–H groups in total. The predicted octanol–water partition coefficient (Wildman–Crippen LogP) is 1.93. The number of hydrogen-bond donors (Lipinski definition) is 2. The van der Waals surface area contributed by atoms with E-state index in [4.69, 9.17) is 5.14 Å². The molecule has 0 spiro atoms. The Hall–Kier alpha value is -1.70. The van der Waals surface area contributed by atoms with Gasteiger partial charge in [-0.15, -0.1) is 11.3 Å². The quantitative estimate of drug-likeness (QED) is 0.843. The van der Waals surface area contributed by atoms with Crippen LogP contribution in [0.5, 0.6) is 0 Å². The van der Waals surface area contributed by atoms with Crippen LogP contribution in [0.1, 0.15) is 27.0 Å². The van der Waals surface area contributed by atoms with E-state index in [9.17, 15) is 13.2 Å². The van der Waals surface area contributed by atoms with Crippen molar-refractivity contribution in [3.63, 3.8) is 0 Å². The Bertz CT molecular complexity index is 749. The van der Waals surface area contributed by atoms with Gasteiger partial charge in [-0.3, -0.25) is 4.79 Å². The Kier molecular flexibility index (Phi) is 5.33. The fraction of sp³-hybridized carbons (Fsp3) is 0.267. The molecule has 1 heterocycles. The van der Waals surface area contributed by atoms with E-state index < -0.39 is 10.0 Å². The number of primary sulfonamides is 1. The van der Waals surface area contributed by atoms with Gasteiger partial charge in [0.25, 0.3) is 5.91 Å². The number of rotatable bonds is 6. The molecule has 0 aliphatic rings. The minimum Gasteiger partial charge on any atom is -0.351 e. The van der Waals surface area contributed by atoms with Gasteiger partial charge in [0.1, 0.15) is 0 Å². The van der Waals surface area contributed by atoms with Crippen LogP contribution in [-0.4, -0.2) is 20.9 Å². The zero-order valence-electron chi connectivity index (χ0n) is 12.2. The van der Waals surface area contributed by atoms with Crippen LogP contribution in [0.2, 0.25) is 0 Å². The molecule has 118 valence electrons. The molecular formula is C15H18N2O3S2. The summed E-state index contributed by atoms with van der Waals surface area (Å²) in [6.07, 6.45) is 1.55. The average molecular weight is 338 g/mol. The molecule has 0 saturated carbocycles. The molecule has 0 atom stereocenters. The van der Waals surface area contributed by atoms with Crippen molar-refractivity contribution >= 4 is 27.3 Å². The second-order valence-corrected chi connectivity index (χ2v) is 7.54. The highest BCUT2D eigenvalue weighted by Crippen LogP contribution is 2.16. The molecular weight excluding hydrogens is 320 g/mol. The molecule has 0 radical (unpaired) electrons. The van der Waals surface area contributed by atoms with E-state index in [1.807, 2.05) is 12.1 Å². The molecule has 0 bridgehead atoms. The number of hydrogen-bond acceptors (Lipinski definition) is 4. The van der Waals surface area contributed by atoms with Gasteiger partial charge in [-0.25, -0.2) is 13.6 Å². The lowest BCUT2D eigenvalue weighted by molar-refractivity contribution is 0.0958. The van der Waals surface area contributed by atoms with Crippen molar-refractivity contribution in [3.05, 3.63) is 51.7 Å². The summed E-state index contributed by atoms with van der Waals surface area (Å²) in [6, 6.07) is 10.1. The van der Waals surface area contributed by atoms with Crippen molar-refractivity contribution in [2.24, 2.45) is 5.14 Å². The number of benzene rings is 1. The molecule has 5 nitrogen and oxygen atoms in total. The maximum atomic E-state index is 12.0. The largest absolute Gasteiger partial charge is 0.351 e. The molecule has 0 aliphatic carbocycles. The highest BCUT2D eigenvalue weighted by molar-refractivity contribution is 7.89. The van der Waals surface area contributed by atoms with Crippen LogP contribution in [-0.2, 0) is 22.9 Å². The fourth-order valence-corrected chi connectivity index (χ4v) is 3.32. The first kappa shape index (κ1) is 16.7. The molecule has 0 aliphatic heterocycles. The van der Waals surface area contributed by atoms with Gasteiger partial charge < -0.3 is 5.32 Å². The molecule has 0 unspecified atom stereocenters. The van der Waals surface area contributed by atoms with Crippen molar-refractivity contribution < 1.29 is 13.2 Å². The Balaban J connectivity index is 1.87. The van der Waals surface area contributed by atoms with E-state index in [0.717, 1.165) is 12.0 Å². The highest BCUT2D eigenvalue weighted by atomic mass is 32.2. The number of carbonyl (C=O) groups excluding carboxylic acids is 1. The van der Waals surface area contributed by atoms with Crippen LogP contribution in [0.3, 0.4) is 0 Å². The van der Waals surface area contributed by atoms with Gasteiger partial charge in [0, 0.05) is 11.4 Å². The predicted molar refractivity (Wildman–Crippen MR) is 87.5 cm³/mol. The molecule has 0 saturated heterocycles. The van der Waals surface area contributed by atoms with Gasteiger partial charge in [-0.05, 0) is 42.7 Å². The maximum absolute atomic E-state index is 12.0. The van der Waals surface area contributed by atoms with Gasteiger partial charge in [-0.2, -0.15) is 0 Å². The molecule has 1 aromatic carbocycles. The maximum Gasteiger partial charge on any atom is 0.261 e. The second-order valence-electron chi connectivity index (χ2n) is 4.81. The topological polar surface area (TPSA) is 89.3 Å². The third-order valence-corrected chi connectivity index (χ3v) is 5.34. The molecule has 1 amide bonds. The first-order chi connectivity index (χ1) is 10.4. The molecule has 2 rings (SSSR count). The van der Waals surface area contributed by atoms with Crippen molar-refractivity contribution in [1.29, 1.82) is 0 Å². The smallest absolute Gasteiger partial charge is 0.261 e. The average Bonchev–Trinajstić information content (AvgIpc) is 2.96. The molecule has 1 aromatic heterocycles. The van der Waals surface area contributed by atoms with Crippen molar-refractivity contribution in [2.75, 3.05) is 6.54 Å². The van der Waals surface area contributed by atoms with Crippen molar-refractivity contribution in [2.45, 2.75) is 24.7 Å². The Morgan fingerprint density at radius 1 is 1.18 bits per heavy atom. The SMILES string of the molecule is CCc1ccc(C(=O)NCCc2ccc(S(N)(=O)=O)cc2)s1. The molecule has 2 aromatic rings. The van der Waals surface area contributed by atoms with Crippen molar-refractivity contribution in [1.82, 2.24) is 5.32 Å². The van der Waals surface area contributed by atoms with E-state index in [0.29, 0.717) is 17.8 Å². The summed E-state index contributed by atoms with van der Waals surface area (Å²) >= 11 is 1.50. The van der Waals surface area contributed by atoms with Crippen LogP contribution in [0.25, 0.3) is 0 Å². The highest BCUT2D eigenvalue weighted by Gasteiger charge is 2.09. The lowest BCUT2D eigenvalue weighted by atomic mass is 10.1. The number of amides is 1. The summed E-state index contributed by atoms with van der Waals surface area (Å²) in [4.78, 5) is 13.9. The van der Waals surface area contributed by atoms with Gasteiger partial charge >= 0.3 is 0 Å². The standard InChI is InChI=1S/C15H18N2O3S2/c1-2-12-5-8-14(21-12)15(18)17-10-9-11-3-6-13(7-4-11)22(16,19)20/h3-8H,2,9-10H2,1H3,(H,17,18)(H2,16,19,20). The summed E-state index contributed by atoms with van der Waals surface area (Å²) < 4.78 is 22.3. The van der Waals surface area contributed by atoms with Crippen LogP contribution in [0.15, 0.2) is 41.3 Å². The minimum atomic E-state index is -3.66. The summed E-state index contributed by atoms with van der Waals surface area (Å²) in [5, 5.41) is 7.90. The number of thiophene rings is 1. The summed E-state index contributed by atoms with van der Waals surface area (Å²) in [5.41, 5.74) is 0.938. The zero-order valence-corrected chi connectivity index (χ0v) is 13.8. The van der Waals surface area contributed by atoms with E-state index >= 15 is 0 Å². The van der Waals surface area contributed by atoms with E-state index in [2.05, 4.69) is 12.2 Å². The van der Waals surface area contributed by atoms with Crippen LogP contribution in [0.4, 0.5) is 0 Å². The van der Waals surface area contributed by atoms with Gasteiger partial charge in [0.05, 0.1) is 9.77 Å². The third-order valence-electron chi connectivity index (χ3n) is 3.19. The zero-order chi connectivity index (χ0) is 16.2. The normalized spacial score (nSPS) is 11.4. The lowest BCUT2D eigenvalue weighted by Gasteiger charge is -2.05. The number of aryl methyl sites for hydroxylation is 1. The van der Waals surface area contributed by atoms with E-state index in [1.165, 1.54) is 28.3 Å². The van der Waals surface area contributed by atoms with Gasteiger partial charge in [0.2, 0.25) is 10.0 Å². The Morgan fingerprint density at radius 2 is 1.86 bits per heavy atom. The first-order valence-corrected chi connectivity index (χ1v) is 9.25. The fourth-order valence-electron chi connectivity index (χ4n) is 1.94. The first-order valence-electron chi connectivity index (χ1n) is 6.89. The van der Waals surface area contributed by atoms with Crippen molar-refractivity contribution in [3.8, 4) is 0 Å². The molecule has 22 heavy (non-hydrogen) atoms. The van der Waals surface area contributed by atoms with E-state index in [1.54, 1.807) is 12.1 Å². The molecule has 7 heteroatoms. The van der Waals surface area contributed by atoms with E-state index in [-0.39, 0.29) is 10.8 Å². The summed E-state index contributed by atoms with van der Waals surface area (Å²) in [5.74, 6) is -0.0779. The summed E-state index contributed by atoms with van der Waals surface area (Å²) in [7, 11) is -3.66. The monoisotopic (exact) mass is 338 g/mol. The second kappa shape index (κ2) is 7.04. The van der Waals surface area contributed by atoms with Crippen LogP contribution >= 0.6 is 11.3 Å². The lowest BCUT2D eigenvalue weighted by Crippen LogP contribution is -2.24. The van der Waals surface area contributed by atoms with Gasteiger partial charge in [0.15, 0.2) is 0 Å². The van der Waals surface area contributed by atoms with Crippen LogP contribution in [0, 0.1) is 0 Å². The minimum absolute atomic E-state index is 0.0779. The summed E-state index contributed by atoms with van der Waals surface area (Å²) in [6.45, 7) is 2.55. The number of carbonyl (C=O) groups is 1. The van der Waals surface area contributed by atoms with Crippen LogP contribution < -0.4 is 10.5 Å². The Morgan fingerprint density at radius 3 is 2.41 bits per heavy atom. The molecule has 0 fully saturated rings. The number of nitrogens with two attached hydrogens (primary N) is 1. The number of nitrogens with one attached hydrogen (secondary N) is 1. The third kappa shape index (κ3) is 4.40. The van der Waals surface area contributed by atoms with Gasteiger partial charge in [-0.1, -0.05) is 19.1 Å². The Labute approximate surface area is 134 Å². The number of sulfonamides is 1.